The number of rotatable bonds is 5. The first-order valence-corrected chi connectivity index (χ1v) is 7.34. The highest BCUT2D eigenvalue weighted by atomic mass is 19.1. The summed E-state index contributed by atoms with van der Waals surface area (Å²) in [6.07, 6.45) is 0.802. The number of hydrogen-bond acceptors (Lipinski definition) is 3. The predicted octanol–water partition coefficient (Wildman–Crippen LogP) is 3.00. The zero-order chi connectivity index (χ0) is 16.8. The van der Waals surface area contributed by atoms with Crippen LogP contribution in [0.25, 0.3) is 0 Å². The summed E-state index contributed by atoms with van der Waals surface area (Å²) in [4.78, 5) is 28.3. The van der Waals surface area contributed by atoms with Crippen LogP contribution in [0.15, 0.2) is 42.5 Å². The molecule has 1 aromatic heterocycles. The van der Waals surface area contributed by atoms with Crippen molar-refractivity contribution in [2.24, 2.45) is 0 Å². The van der Waals surface area contributed by atoms with E-state index in [0.717, 1.165) is 6.42 Å². The van der Waals surface area contributed by atoms with Crippen molar-refractivity contribution in [3.05, 3.63) is 59.7 Å². The number of carbonyl (C=O) groups excluding carboxylic acids is 2. The van der Waals surface area contributed by atoms with Crippen LogP contribution in [0, 0.1) is 5.82 Å². The molecule has 2 N–H and O–H groups in total. The van der Waals surface area contributed by atoms with Gasteiger partial charge in [0.15, 0.2) is 0 Å². The van der Waals surface area contributed by atoms with Gasteiger partial charge in [0, 0.05) is 11.7 Å². The fourth-order valence-corrected chi connectivity index (χ4v) is 1.82. The lowest BCUT2D eigenvalue weighted by molar-refractivity contribution is 0.0934. The highest BCUT2D eigenvalue weighted by molar-refractivity contribution is 6.03. The molecule has 120 valence electrons. The minimum Gasteiger partial charge on any atom is -0.348 e. The van der Waals surface area contributed by atoms with Crippen molar-refractivity contribution in [1.82, 2.24) is 10.3 Å². The van der Waals surface area contributed by atoms with E-state index in [1.165, 1.54) is 30.3 Å². The maximum absolute atomic E-state index is 12.9. The van der Waals surface area contributed by atoms with E-state index in [-0.39, 0.29) is 29.2 Å². The Kier molecular flexibility index (Phi) is 5.41. The third kappa shape index (κ3) is 4.60. The first-order valence-electron chi connectivity index (χ1n) is 7.34. The second-order valence-corrected chi connectivity index (χ2v) is 5.15. The number of anilines is 1. The molecule has 1 unspecified atom stereocenters. The maximum Gasteiger partial charge on any atom is 0.274 e. The van der Waals surface area contributed by atoms with E-state index in [1.54, 1.807) is 12.1 Å². The summed E-state index contributed by atoms with van der Waals surface area (Å²) in [5.41, 5.74) is 0.746. The number of hydrogen-bond donors (Lipinski definition) is 2. The van der Waals surface area contributed by atoms with Crippen molar-refractivity contribution >= 4 is 17.5 Å². The molecule has 0 fully saturated rings. The number of pyridine rings is 1. The van der Waals surface area contributed by atoms with Crippen LogP contribution >= 0.6 is 0 Å². The molecular weight excluding hydrogens is 297 g/mol. The molecule has 0 bridgehead atoms. The summed E-state index contributed by atoms with van der Waals surface area (Å²) in [6.45, 7) is 3.86. The molecule has 0 radical (unpaired) electrons. The SMILES string of the molecule is CCC(C)NC(=O)c1cccc(C(=O)Nc2ccc(F)cc2)n1. The first-order chi connectivity index (χ1) is 11.0. The second kappa shape index (κ2) is 7.49. The van der Waals surface area contributed by atoms with E-state index in [9.17, 15) is 14.0 Å². The van der Waals surface area contributed by atoms with Gasteiger partial charge in [0.1, 0.15) is 17.2 Å². The standard InChI is InChI=1S/C17H18FN3O2/c1-3-11(2)19-16(22)14-5-4-6-15(21-14)17(23)20-13-9-7-12(18)8-10-13/h4-11H,3H2,1-2H3,(H,19,22)(H,20,23). The van der Waals surface area contributed by atoms with Crippen LogP contribution in [-0.2, 0) is 0 Å². The molecule has 0 aliphatic rings. The summed E-state index contributed by atoms with van der Waals surface area (Å²) < 4.78 is 12.9. The van der Waals surface area contributed by atoms with Gasteiger partial charge in [-0.15, -0.1) is 0 Å². The Morgan fingerprint density at radius 1 is 1.09 bits per heavy atom. The molecule has 1 aromatic carbocycles. The number of amides is 2. The van der Waals surface area contributed by atoms with E-state index < -0.39 is 5.91 Å². The number of nitrogens with zero attached hydrogens (tertiary/aromatic N) is 1. The summed E-state index contributed by atoms with van der Waals surface area (Å²) in [7, 11) is 0. The highest BCUT2D eigenvalue weighted by Gasteiger charge is 2.13. The van der Waals surface area contributed by atoms with E-state index in [0.29, 0.717) is 5.69 Å². The van der Waals surface area contributed by atoms with Gasteiger partial charge in [-0.3, -0.25) is 9.59 Å². The van der Waals surface area contributed by atoms with Crippen molar-refractivity contribution in [3.63, 3.8) is 0 Å². The van der Waals surface area contributed by atoms with E-state index in [4.69, 9.17) is 0 Å². The van der Waals surface area contributed by atoms with Crippen LogP contribution in [0.1, 0.15) is 41.2 Å². The molecule has 2 aromatic rings. The third-order valence-corrected chi connectivity index (χ3v) is 3.31. The van der Waals surface area contributed by atoms with Crippen LogP contribution < -0.4 is 10.6 Å². The van der Waals surface area contributed by atoms with Gasteiger partial charge in [-0.25, -0.2) is 9.37 Å². The summed E-state index contributed by atoms with van der Waals surface area (Å²) in [6, 6.07) is 10.1. The molecular formula is C17H18FN3O2. The fraction of sp³-hybridized carbons (Fsp3) is 0.235. The fourth-order valence-electron chi connectivity index (χ4n) is 1.82. The highest BCUT2D eigenvalue weighted by Crippen LogP contribution is 2.10. The molecule has 23 heavy (non-hydrogen) atoms. The Morgan fingerprint density at radius 2 is 1.70 bits per heavy atom. The number of carbonyl (C=O) groups is 2. The molecule has 0 saturated heterocycles. The van der Waals surface area contributed by atoms with Crippen molar-refractivity contribution in [3.8, 4) is 0 Å². The molecule has 5 nitrogen and oxygen atoms in total. The van der Waals surface area contributed by atoms with Crippen LogP contribution in [0.5, 0.6) is 0 Å². The molecule has 1 atom stereocenters. The minimum absolute atomic E-state index is 0.0287. The largest absolute Gasteiger partial charge is 0.348 e. The van der Waals surface area contributed by atoms with Gasteiger partial charge in [-0.05, 0) is 49.7 Å². The molecule has 6 heteroatoms. The Hall–Kier alpha value is -2.76. The quantitative estimate of drug-likeness (QED) is 0.891. The lowest BCUT2D eigenvalue weighted by Crippen LogP contribution is -2.32. The average molecular weight is 315 g/mol. The van der Waals surface area contributed by atoms with Gasteiger partial charge in [0.05, 0.1) is 0 Å². The third-order valence-electron chi connectivity index (χ3n) is 3.31. The summed E-state index contributed by atoms with van der Waals surface area (Å²) >= 11 is 0. The zero-order valence-electron chi connectivity index (χ0n) is 13.0. The molecule has 2 rings (SSSR count). The number of aromatic nitrogens is 1. The molecule has 2 amide bonds. The van der Waals surface area contributed by atoms with Crippen molar-refractivity contribution in [2.45, 2.75) is 26.3 Å². The Labute approximate surface area is 133 Å². The zero-order valence-corrected chi connectivity index (χ0v) is 13.0. The minimum atomic E-state index is -0.463. The maximum atomic E-state index is 12.9. The Bertz CT molecular complexity index is 701. The van der Waals surface area contributed by atoms with Crippen LogP contribution in [0.4, 0.5) is 10.1 Å². The van der Waals surface area contributed by atoms with E-state index >= 15 is 0 Å². The summed E-state index contributed by atoms with van der Waals surface area (Å²) in [5, 5.41) is 5.40. The van der Waals surface area contributed by atoms with Gasteiger partial charge in [-0.1, -0.05) is 13.0 Å². The topological polar surface area (TPSA) is 71.1 Å². The van der Waals surface area contributed by atoms with Crippen LogP contribution in [-0.4, -0.2) is 22.8 Å². The average Bonchev–Trinajstić information content (AvgIpc) is 2.56. The van der Waals surface area contributed by atoms with Crippen LogP contribution in [0.2, 0.25) is 0 Å². The Morgan fingerprint density at radius 3 is 2.30 bits per heavy atom. The molecule has 0 spiro atoms. The van der Waals surface area contributed by atoms with Gasteiger partial charge in [0.25, 0.3) is 11.8 Å². The molecule has 0 saturated carbocycles. The first kappa shape index (κ1) is 16.6. The van der Waals surface area contributed by atoms with E-state index in [2.05, 4.69) is 15.6 Å². The Balaban J connectivity index is 2.10. The lowest BCUT2D eigenvalue weighted by Gasteiger charge is -2.11. The molecule has 0 aliphatic carbocycles. The molecule has 0 aliphatic heterocycles. The van der Waals surface area contributed by atoms with Gasteiger partial charge in [-0.2, -0.15) is 0 Å². The van der Waals surface area contributed by atoms with Crippen molar-refractivity contribution < 1.29 is 14.0 Å². The van der Waals surface area contributed by atoms with Gasteiger partial charge in [0.2, 0.25) is 0 Å². The normalized spacial score (nSPS) is 11.6. The monoisotopic (exact) mass is 315 g/mol. The molecule has 1 heterocycles. The lowest BCUT2D eigenvalue weighted by atomic mass is 10.2. The van der Waals surface area contributed by atoms with E-state index in [1.807, 2.05) is 13.8 Å². The van der Waals surface area contributed by atoms with Crippen LogP contribution in [0.3, 0.4) is 0 Å². The smallest absolute Gasteiger partial charge is 0.274 e. The summed E-state index contributed by atoms with van der Waals surface area (Å²) in [5.74, 6) is -1.17. The van der Waals surface area contributed by atoms with Gasteiger partial charge < -0.3 is 10.6 Å². The van der Waals surface area contributed by atoms with Crippen molar-refractivity contribution in [1.29, 1.82) is 0 Å². The second-order valence-electron chi connectivity index (χ2n) is 5.15. The number of halogens is 1. The predicted molar refractivity (Wildman–Crippen MR) is 85.8 cm³/mol. The van der Waals surface area contributed by atoms with Gasteiger partial charge >= 0.3 is 0 Å². The van der Waals surface area contributed by atoms with Crippen molar-refractivity contribution in [2.75, 3.05) is 5.32 Å². The number of benzene rings is 1. The number of nitrogens with one attached hydrogen (secondary N) is 2.